The molecule has 0 aliphatic rings. The minimum atomic E-state index is -9.31. The Bertz CT molecular complexity index is 716. The van der Waals surface area contributed by atoms with E-state index in [1.165, 1.54) is 0 Å². The third kappa shape index (κ3) is 4.04. The predicted molar refractivity (Wildman–Crippen MR) is 69.5 cm³/mol. The zero-order valence-corrected chi connectivity index (χ0v) is 16.7. The Morgan fingerprint density at radius 2 is 0.400 bits per heavy atom. The monoisotopic (exact) mass is 696 g/mol. The van der Waals surface area contributed by atoms with Gasteiger partial charge in [-0.1, -0.05) is 0 Å². The first-order valence-electron chi connectivity index (χ1n) is 7.04. The molecule has 0 N–H and O–H groups in total. The van der Waals surface area contributed by atoms with Crippen LogP contribution in [0.25, 0.3) is 0 Å². The third-order valence-electron chi connectivity index (χ3n) is 3.87. The fourth-order valence-corrected chi connectivity index (χ4v) is 2.07. The normalized spacial score (nSPS) is 18.5. The molecule has 0 saturated carbocycles. The van der Waals surface area contributed by atoms with E-state index in [4.69, 9.17) is 0 Å². The number of hydrogen-bond acceptors (Lipinski definition) is 0. The third-order valence-corrected chi connectivity index (χ3v) is 5.16. The van der Waals surface area contributed by atoms with Crippen LogP contribution in [0.3, 0.4) is 0 Å². The molecule has 0 bridgehead atoms. The van der Waals surface area contributed by atoms with Gasteiger partial charge in [0.05, 0.1) is 0 Å². The molecule has 0 aliphatic heterocycles. The van der Waals surface area contributed by atoms with Crippen molar-refractivity contribution in [3.8, 4) is 0 Å². The van der Waals surface area contributed by atoms with Gasteiger partial charge in [0.2, 0.25) is 0 Å². The van der Waals surface area contributed by atoms with Gasteiger partial charge in [0.25, 0.3) is 0 Å². The molecule has 0 aromatic rings. The van der Waals surface area contributed by atoms with E-state index in [2.05, 4.69) is 0 Å². The molecule has 212 valence electrons. The Balaban J connectivity index is 7.15. The molecule has 0 aromatic carbocycles. The van der Waals surface area contributed by atoms with Crippen molar-refractivity contribution in [1.82, 2.24) is 0 Å². The fourth-order valence-electron chi connectivity index (χ4n) is 1.74. The average molecular weight is 696 g/mol. The maximum Gasteiger partial charge on any atom is 0.460 e. The number of halogens is 24. The smallest absolute Gasteiger partial charge is 0.215 e. The molecule has 0 rings (SSSR count). The Morgan fingerprint density at radius 3 is 0.571 bits per heavy atom. The second kappa shape index (κ2) is 8.06. The van der Waals surface area contributed by atoms with Gasteiger partial charge in [0.1, 0.15) is 0 Å². The van der Waals surface area contributed by atoms with Crippen LogP contribution in [0, 0.1) is 0 Å². The van der Waals surface area contributed by atoms with E-state index >= 15 is 0 Å². The van der Waals surface area contributed by atoms with Gasteiger partial charge in [-0.25, -0.2) is 4.39 Å². The quantitative estimate of drug-likeness (QED) is 0.136. The molecule has 0 fully saturated rings. The van der Waals surface area contributed by atoms with E-state index < -0.39 is 86.0 Å². The van der Waals surface area contributed by atoms with Crippen molar-refractivity contribution in [2.24, 2.45) is 0 Å². The molecule has 0 heterocycles. The van der Waals surface area contributed by atoms with E-state index in [1.807, 2.05) is 0 Å². The molecule has 1 unspecified atom stereocenters. The summed E-state index contributed by atoms with van der Waals surface area (Å²) in [6.45, 7) is 0. The zero-order chi connectivity index (χ0) is 29.5. The van der Waals surface area contributed by atoms with Gasteiger partial charge in [-0.05, 0) is 22.6 Å². The van der Waals surface area contributed by atoms with Crippen molar-refractivity contribution in [1.29, 1.82) is 0 Å². The number of hydrogen-bond donors (Lipinski definition) is 0. The van der Waals surface area contributed by atoms with Crippen molar-refractivity contribution < 1.29 is 101 Å². The molecule has 1 atom stereocenters. The van der Waals surface area contributed by atoms with E-state index in [-0.39, 0.29) is 0 Å². The van der Waals surface area contributed by atoms with Crippen molar-refractivity contribution in [3.05, 3.63) is 0 Å². The van der Waals surface area contributed by atoms with E-state index in [1.54, 1.807) is 0 Å². The van der Waals surface area contributed by atoms with Gasteiger partial charge in [0, 0.05) is 0 Å². The van der Waals surface area contributed by atoms with Crippen LogP contribution in [0.2, 0.25) is 0 Å². The van der Waals surface area contributed by atoms with Gasteiger partial charge < -0.3 is 0 Å². The van der Waals surface area contributed by atoms with E-state index in [0.29, 0.717) is 0 Å². The molecule has 0 saturated heterocycles. The molecule has 0 amide bonds. The topological polar surface area (TPSA) is 0 Å². The van der Waals surface area contributed by atoms with Gasteiger partial charge >= 0.3 is 63.4 Å². The van der Waals surface area contributed by atoms with Crippen LogP contribution in [-0.4, -0.2) is 63.4 Å². The highest BCUT2D eigenvalue weighted by atomic mass is 127. The summed E-state index contributed by atoms with van der Waals surface area (Å²) >= 11 is -1.49. The lowest BCUT2D eigenvalue weighted by atomic mass is 9.86. The lowest BCUT2D eigenvalue weighted by Gasteiger charge is -2.45. The van der Waals surface area contributed by atoms with Crippen molar-refractivity contribution in [3.63, 3.8) is 0 Å². The maximum atomic E-state index is 13.4. The largest absolute Gasteiger partial charge is 0.460 e. The summed E-state index contributed by atoms with van der Waals surface area (Å²) in [4.78, 5) is 0. The lowest BCUT2D eigenvalue weighted by Crippen LogP contribution is -2.77. The molecule has 0 aliphatic carbocycles. The summed E-state index contributed by atoms with van der Waals surface area (Å²) < 4.78 is 289. The minimum absolute atomic E-state index is 1.49. The second-order valence-electron chi connectivity index (χ2n) is 6.17. The van der Waals surface area contributed by atoms with E-state index in [9.17, 15) is 101 Å². The Labute approximate surface area is 187 Å². The van der Waals surface area contributed by atoms with E-state index in [0.717, 1.165) is 0 Å². The van der Waals surface area contributed by atoms with Crippen molar-refractivity contribution >= 4 is 22.6 Å². The molecule has 0 aromatic heterocycles. The van der Waals surface area contributed by atoms with Crippen LogP contribution in [0.15, 0.2) is 0 Å². The summed E-state index contributed by atoms with van der Waals surface area (Å²) in [6, 6.07) is 0. The SMILES string of the molecule is FC(F)(F)C(F)(F)C(F)(F)C(F)(F)C(F)(F)C(F)(F)C(F)(F)C(F)(F)C(F)(F)C(F)(I)C(F)(F)F. The number of alkyl halides is 24. The standard InChI is InChI=1S/C11F23I/c12-1(13,2(14,15)4(18,19)6(22,23)8(26,27)10(29,30)31)3(16,17)5(20,21)7(24,25)9(28,35)11(32,33)34. The maximum absolute atomic E-state index is 13.4. The molecular formula is C11F23I. The summed E-state index contributed by atoms with van der Waals surface area (Å²) in [7, 11) is 0. The molecule has 0 radical (unpaired) electrons. The highest BCUT2D eigenvalue weighted by Crippen LogP contribution is 2.67. The van der Waals surface area contributed by atoms with Crippen LogP contribution in [0.5, 0.6) is 0 Å². The Kier molecular flexibility index (Phi) is 7.86. The summed E-state index contributed by atoms with van der Waals surface area (Å²) in [5.74, 6) is -71.7. The Morgan fingerprint density at radius 1 is 0.229 bits per heavy atom. The summed E-state index contributed by atoms with van der Waals surface area (Å²) in [6.07, 6.45) is -15.5. The Hall–Kier alpha value is -0.880. The fraction of sp³-hybridized carbons (Fsp3) is 1.00. The van der Waals surface area contributed by atoms with Crippen LogP contribution in [0.4, 0.5) is 101 Å². The number of rotatable bonds is 8. The lowest BCUT2D eigenvalue weighted by molar-refractivity contribution is -0.472. The molecule has 24 heteroatoms. The van der Waals surface area contributed by atoms with Gasteiger partial charge in [-0.15, -0.1) is 0 Å². The van der Waals surface area contributed by atoms with Gasteiger partial charge in [0.15, 0.2) is 0 Å². The average Bonchev–Trinajstić information content (AvgIpc) is 2.58. The predicted octanol–water partition coefficient (Wildman–Crippen LogP) is 8.29. The molecule has 0 spiro atoms. The molecule has 35 heavy (non-hydrogen) atoms. The van der Waals surface area contributed by atoms with Crippen LogP contribution >= 0.6 is 22.6 Å². The summed E-state index contributed by atoms with van der Waals surface area (Å²) in [5, 5.41) is 0. The highest BCUT2D eigenvalue weighted by molar-refractivity contribution is 14.1. The minimum Gasteiger partial charge on any atom is -0.215 e. The first-order valence-corrected chi connectivity index (χ1v) is 8.11. The summed E-state index contributed by atoms with van der Waals surface area (Å²) in [5.41, 5.74) is 0. The van der Waals surface area contributed by atoms with Crippen molar-refractivity contribution in [2.75, 3.05) is 0 Å². The van der Waals surface area contributed by atoms with Crippen LogP contribution in [-0.2, 0) is 0 Å². The van der Waals surface area contributed by atoms with Gasteiger partial charge in [-0.2, -0.15) is 96.6 Å². The highest BCUT2D eigenvalue weighted by Gasteiger charge is 2.98. The molecular weight excluding hydrogens is 696 g/mol. The van der Waals surface area contributed by atoms with Crippen LogP contribution < -0.4 is 0 Å². The first kappa shape index (κ1) is 34.1. The van der Waals surface area contributed by atoms with Crippen LogP contribution in [0.1, 0.15) is 0 Å². The zero-order valence-electron chi connectivity index (χ0n) is 14.6. The van der Waals surface area contributed by atoms with Gasteiger partial charge in [-0.3, -0.25) is 0 Å². The second-order valence-corrected chi connectivity index (χ2v) is 7.65. The van der Waals surface area contributed by atoms with Crippen molar-refractivity contribution in [2.45, 2.75) is 63.4 Å². The molecule has 0 nitrogen and oxygen atoms in total. The first-order chi connectivity index (χ1) is 14.5.